The van der Waals surface area contributed by atoms with Crippen LogP contribution in [0.25, 0.3) is 22.0 Å². The lowest BCUT2D eigenvalue weighted by Gasteiger charge is -2.39. The van der Waals surface area contributed by atoms with Gasteiger partial charge in [-0.2, -0.15) is 0 Å². The van der Waals surface area contributed by atoms with Gasteiger partial charge in [-0.05, 0) is 44.2 Å². The highest BCUT2D eigenvalue weighted by atomic mass is 35.5. The van der Waals surface area contributed by atoms with Gasteiger partial charge in [0, 0.05) is 30.6 Å². The van der Waals surface area contributed by atoms with Crippen molar-refractivity contribution >= 4 is 51.6 Å². The first-order valence-electron chi connectivity index (χ1n) is 12.2. The van der Waals surface area contributed by atoms with Crippen molar-refractivity contribution in [3.63, 3.8) is 0 Å². The van der Waals surface area contributed by atoms with Gasteiger partial charge in [0.25, 0.3) is 5.91 Å². The Morgan fingerprint density at radius 3 is 2.69 bits per heavy atom. The molecule has 9 heteroatoms. The predicted molar refractivity (Wildman–Crippen MR) is 141 cm³/mol. The van der Waals surface area contributed by atoms with Crippen LogP contribution in [0.5, 0.6) is 0 Å². The van der Waals surface area contributed by atoms with Crippen molar-refractivity contribution in [2.24, 2.45) is 7.05 Å². The molecule has 1 aliphatic carbocycles. The number of anilines is 1. The van der Waals surface area contributed by atoms with Gasteiger partial charge >= 0.3 is 0 Å². The van der Waals surface area contributed by atoms with Crippen LogP contribution >= 0.6 is 11.6 Å². The second-order valence-corrected chi connectivity index (χ2v) is 9.94. The maximum atomic E-state index is 13.5. The molecular formula is C27H30ClN5O3. The highest BCUT2D eigenvalue weighted by Crippen LogP contribution is 2.47. The number of halogens is 1. The monoisotopic (exact) mass is 507 g/mol. The van der Waals surface area contributed by atoms with E-state index in [2.05, 4.69) is 15.6 Å². The number of para-hydroxylation sites is 2. The molecule has 8 nitrogen and oxygen atoms in total. The first-order valence-corrected chi connectivity index (χ1v) is 12.6. The molecule has 1 aliphatic rings. The van der Waals surface area contributed by atoms with Gasteiger partial charge in [0.2, 0.25) is 6.41 Å². The third kappa shape index (κ3) is 4.04. The molecule has 0 aliphatic heterocycles. The number of benzene rings is 2. The van der Waals surface area contributed by atoms with Gasteiger partial charge in [0.1, 0.15) is 11.4 Å². The van der Waals surface area contributed by atoms with E-state index in [4.69, 9.17) is 16.0 Å². The van der Waals surface area contributed by atoms with E-state index in [0.717, 1.165) is 59.9 Å². The minimum Gasteiger partial charge on any atom is -0.450 e. The molecule has 1 fully saturated rings. The quantitative estimate of drug-likeness (QED) is 0.336. The molecule has 1 saturated carbocycles. The van der Waals surface area contributed by atoms with E-state index in [-0.39, 0.29) is 11.7 Å². The minimum atomic E-state index is -0.413. The van der Waals surface area contributed by atoms with Crippen molar-refractivity contribution in [1.82, 2.24) is 19.8 Å². The molecule has 2 aromatic heterocycles. The van der Waals surface area contributed by atoms with E-state index in [1.165, 1.54) is 0 Å². The summed E-state index contributed by atoms with van der Waals surface area (Å²) in [5.41, 5.74) is 3.38. The Labute approximate surface area is 214 Å². The molecule has 4 aromatic rings. The summed E-state index contributed by atoms with van der Waals surface area (Å²) in [6.45, 7) is 0.326. The summed E-state index contributed by atoms with van der Waals surface area (Å²) in [6.07, 6.45) is 5.62. The maximum absolute atomic E-state index is 13.5. The number of rotatable bonds is 7. The Hall–Kier alpha value is -3.36. The van der Waals surface area contributed by atoms with Gasteiger partial charge < -0.3 is 24.5 Å². The lowest BCUT2D eigenvalue weighted by atomic mass is 9.75. The topological polar surface area (TPSA) is 92.4 Å². The molecule has 2 aromatic carbocycles. The molecule has 36 heavy (non-hydrogen) atoms. The Kier molecular flexibility index (Phi) is 6.49. The van der Waals surface area contributed by atoms with Crippen LogP contribution in [0.15, 0.2) is 40.8 Å². The highest BCUT2D eigenvalue weighted by molar-refractivity contribution is 6.34. The second-order valence-electron chi connectivity index (χ2n) is 9.53. The molecule has 0 unspecified atom stereocenters. The van der Waals surface area contributed by atoms with Crippen LogP contribution in [0.2, 0.25) is 5.02 Å². The van der Waals surface area contributed by atoms with Crippen molar-refractivity contribution < 1.29 is 14.0 Å². The maximum Gasteiger partial charge on any atom is 0.289 e. The van der Waals surface area contributed by atoms with Gasteiger partial charge in [-0.25, -0.2) is 4.98 Å². The summed E-state index contributed by atoms with van der Waals surface area (Å²) < 4.78 is 8.25. The van der Waals surface area contributed by atoms with Crippen molar-refractivity contribution in [2.75, 3.05) is 19.4 Å². The summed E-state index contributed by atoms with van der Waals surface area (Å²) in [5.74, 6) is 0.738. The van der Waals surface area contributed by atoms with Crippen LogP contribution in [-0.4, -0.2) is 40.9 Å². The molecular weight excluding hydrogens is 478 g/mol. The summed E-state index contributed by atoms with van der Waals surface area (Å²) in [6, 6.07) is 11.4. The standard InChI is InChI=1S/C27H30ClN5O3/c1-29-27(11-7-4-8-12-27)23-24(30-16-34)18(28)13-17-14-21(36-25(17)23)26(35)32(2)15-22-31-19-9-5-6-10-20(19)33(22)3/h5-6,9-10,13-14,16,29H,4,7-8,11-12,15H2,1-3H3,(H,30,34). The van der Waals surface area contributed by atoms with E-state index in [1.54, 1.807) is 24.1 Å². The number of nitrogens with zero attached hydrogens (tertiary/aromatic N) is 3. The first-order chi connectivity index (χ1) is 17.4. The number of fused-ring (bicyclic) bond motifs is 2. The van der Waals surface area contributed by atoms with E-state index < -0.39 is 5.54 Å². The van der Waals surface area contributed by atoms with Gasteiger partial charge in [-0.3, -0.25) is 9.59 Å². The number of hydrogen-bond acceptors (Lipinski definition) is 5. The Balaban J connectivity index is 1.54. The number of amides is 2. The summed E-state index contributed by atoms with van der Waals surface area (Å²) in [7, 11) is 5.60. The van der Waals surface area contributed by atoms with Crippen molar-refractivity contribution in [3.8, 4) is 0 Å². The van der Waals surface area contributed by atoms with E-state index >= 15 is 0 Å². The number of hydrogen-bond donors (Lipinski definition) is 2. The first kappa shape index (κ1) is 24.3. The summed E-state index contributed by atoms with van der Waals surface area (Å²) in [4.78, 5) is 31.2. The minimum absolute atomic E-state index is 0.217. The number of imidazole rings is 1. The van der Waals surface area contributed by atoms with Crippen molar-refractivity contribution in [1.29, 1.82) is 0 Å². The molecule has 2 N–H and O–H groups in total. The van der Waals surface area contributed by atoms with E-state index in [9.17, 15) is 9.59 Å². The smallest absolute Gasteiger partial charge is 0.289 e. The zero-order valence-electron chi connectivity index (χ0n) is 20.7. The number of aryl methyl sites for hydroxylation is 1. The number of nitrogens with one attached hydrogen (secondary N) is 2. The number of aromatic nitrogens is 2. The van der Waals surface area contributed by atoms with Crippen LogP contribution in [0.4, 0.5) is 5.69 Å². The molecule has 0 spiro atoms. The molecule has 2 heterocycles. The molecule has 0 saturated heterocycles. The fraction of sp³-hybridized carbons (Fsp3) is 0.370. The molecule has 188 valence electrons. The normalized spacial score (nSPS) is 15.3. The van der Waals surface area contributed by atoms with E-state index in [0.29, 0.717) is 29.2 Å². The number of furan rings is 1. The average molecular weight is 508 g/mol. The SMILES string of the molecule is CNC1(c2c(NC=O)c(Cl)cc3cc(C(=O)N(C)Cc4nc5ccccc5n4C)oc23)CCCCC1. The lowest BCUT2D eigenvalue weighted by Crippen LogP contribution is -2.42. The summed E-state index contributed by atoms with van der Waals surface area (Å²) >= 11 is 6.64. The Morgan fingerprint density at radius 1 is 1.25 bits per heavy atom. The average Bonchev–Trinajstić information content (AvgIpc) is 3.45. The predicted octanol–water partition coefficient (Wildman–Crippen LogP) is 5.19. The van der Waals surface area contributed by atoms with Gasteiger partial charge in [-0.1, -0.05) is 43.0 Å². The van der Waals surface area contributed by atoms with Gasteiger partial charge in [0.05, 0.1) is 28.3 Å². The lowest BCUT2D eigenvalue weighted by molar-refractivity contribution is -0.105. The fourth-order valence-electron chi connectivity index (χ4n) is 5.50. The molecule has 0 bridgehead atoms. The third-order valence-electron chi connectivity index (χ3n) is 7.44. The van der Waals surface area contributed by atoms with Crippen molar-refractivity contribution in [3.05, 3.63) is 58.6 Å². The van der Waals surface area contributed by atoms with Crippen LogP contribution in [0, 0.1) is 0 Å². The van der Waals surface area contributed by atoms with Crippen LogP contribution < -0.4 is 10.6 Å². The van der Waals surface area contributed by atoms with Crippen molar-refractivity contribution in [2.45, 2.75) is 44.2 Å². The Morgan fingerprint density at radius 2 is 2.00 bits per heavy atom. The summed E-state index contributed by atoms with van der Waals surface area (Å²) in [5, 5.41) is 7.41. The number of carbonyl (C=O) groups excluding carboxylic acids is 2. The molecule has 5 rings (SSSR count). The fourth-order valence-corrected chi connectivity index (χ4v) is 5.77. The Bertz CT molecular complexity index is 1450. The van der Waals surface area contributed by atoms with Gasteiger partial charge in [0.15, 0.2) is 5.76 Å². The number of carbonyl (C=O) groups is 2. The molecule has 2 amide bonds. The zero-order valence-corrected chi connectivity index (χ0v) is 21.5. The van der Waals surface area contributed by atoms with Crippen LogP contribution in [-0.2, 0) is 23.9 Å². The van der Waals surface area contributed by atoms with Gasteiger partial charge in [-0.15, -0.1) is 0 Å². The van der Waals surface area contributed by atoms with Crippen LogP contribution in [0.3, 0.4) is 0 Å². The molecule has 0 atom stereocenters. The van der Waals surface area contributed by atoms with E-state index in [1.807, 2.05) is 42.9 Å². The molecule has 0 radical (unpaired) electrons. The second kappa shape index (κ2) is 9.59. The highest BCUT2D eigenvalue weighted by Gasteiger charge is 2.38. The van der Waals surface area contributed by atoms with Crippen LogP contribution in [0.1, 0.15) is 54.0 Å². The zero-order chi connectivity index (χ0) is 25.4. The third-order valence-corrected chi connectivity index (χ3v) is 7.74. The largest absolute Gasteiger partial charge is 0.450 e.